The first-order valence-corrected chi connectivity index (χ1v) is 5.96. The fraction of sp³-hybridized carbons (Fsp3) is 0.308. The smallest absolute Gasteiger partial charge is 0.246 e. The Labute approximate surface area is 106 Å². The minimum absolute atomic E-state index is 0.0337. The number of halogens is 1. The van der Waals surface area contributed by atoms with Crippen LogP contribution in [0.5, 0.6) is 0 Å². The van der Waals surface area contributed by atoms with Crippen molar-refractivity contribution < 1.29 is 4.79 Å². The topological polar surface area (TPSA) is 32.3 Å². The van der Waals surface area contributed by atoms with Gasteiger partial charge in [-0.1, -0.05) is 23.7 Å². The summed E-state index contributed by atoms with van der Waals surface area (Å²) >= 11 is 5.79. The predicted molar refractivity (Wildman–Crippen MR) is 69.9 cm³/mol. The third-order valence-corrected chi connectivity index (χ3v) is 3.20. The fourth-order valence-corrected chi connectivity index (χ4v) is 1.71. The van der Waals surface area contributed by atoms with Gasteiger partial charge in [0, 0.05) is 31.2 Å². The average molecular weight is 251 g/mol. The molecule has 3 nitrogen and oxygen atoms in total. The summed E-state index contributed by atoms with van der Waals surface area (Å²) < 4.78 is 0. The van der Waals surface area contributed by atoms with E-state index in [0.29, 0.717) is 11.1 Å². The van der Waals surface area contributed by atoms with Gasteiger partial charge in [-0.15, -0.1) is 0 Å². The normalized spacial score (nSPS) is 15.9. The highest BCUT2D eigenvalue weighted by atomic mass is 35.5. The number of amides is 1. The molecule has 0 aromatic heterocycles. The fourth-order valence-electron chi connectivity index (χ4n) is 1.59. The van der Waals surface area contributed by atoms with E-state index in [-0.39, 0.29) is 5.91 Å². The quantitative estimate of drug-likeness (QED) is 0.830. The number of carbonyl (C=O) groups excluding carboxylic acids is 1. The molecule has 2 rings (SSSR count). The van der Waals surface area contributed by atoms with Crippen molar-refractivity contribution in [1.29, 1.82) is 0 Å². The molecule has 1 amide bonds. The molecule has 1 fully saturated rings. The lowest BCUT2D eigenvalue weighted by molar-refractivity contribution is -0.127. The van der Waals surface area contributed by atoms with Gasteiger partial charge in [0.2, 0.25) is 5.91 Å². The Morgan fingerprint density at radius 3 is 2.59 bits per heavy atom. The van der Waals surface area contributed by atoms with Crippen molar-refractivity contribution >= 4 is 23.6 Å². The Bertz CT molecular complexity index is 424. The van der Waals surface area contributed by atoms with Gasteiger partial charge in [0.05, 0.1) is 6.04 Å². The van der Waals surface area contributed by atoms with E-state index in [2.05, 4.69) is 5.32 Å². The molecule has 4 heteroatoms. The number of benzene rings is 1. The van der Waals surface area contributed by atoms with Gasteiger partial charge in [-0.3, -0.25) is 4.79 Å². The molecule has 0 unspecified atom stereocenters. The highest BCUT2D eigenvalue weighted by Crippen LogP contribution is 2.11. The van der Waals surface area contributed by atoms with E-state index < -0.39 is 0 Å². The molecule has 1 N–H and O–H groups in total. The zero-order valence-corrected chi connectivity index (χ0v) is 10.4. The summed E-state index contributed by atoms with van der Waals surface area (Å²) in [5.41, 5.74) is 0.975. The molecule has 0 radical (unpaired) electrons. The van der Waals surface area contributed by atoms with Crippen LogP contribution in [0.3, 0.4) is 0 Å². The minimum Gasteiger partial charge on any atom is -0.337 e. The van der Waals surface area contributed by atoms with E-state index in [0.717, 1.165) is 18.7 Å². The molecule has 1 aliphatic heterocycles. The SMILES string of the molecule is CN(C(=O)C=Cc1ccc(Cl)cc1)C1CNC1. The van der Waals surface area contributed by atoms with Gasteiger partial charge in [0.15, 0.2) is 0 Å². The summed E-state index contributed by atoms with van der Waals surface area (Å²) in [5.74, 6) is 0.0337. The van der Waals surface area contributed by atoms with Gasteiger partial charge >= 0.3 is 0 Å². The second kappa shape index (κ2) is 5.34. The molecule has 0 saturated carbocycles. The van der Waals surface area contributed by atoms with Crippen molar-refractivity contribution in [3.8, 4) is 0 Å². The number of nitrogens with zero attached hydrogens (tertiary/aromatic N) is 1. The Kier molecular flexibility index (Phi) is 3.82. The molecule has 90 valence electrons. The molecule has 1 aromatic carbocycles. The molecule has 0 atom stereocenters. The first-order chi connectivity index (χ1) is 8.16. The maximum Gasteiger partial charge on any atom is 0.246 e. The standard InChI is InChI=1S/C13H15ClN2O/c1-16(12-8-15-9-12)13(17)7-4-10-2-5-11(14)6-3-10/h2-7,12,15H,8-9H2,1H3. The number of likely N-dealkylation sites (N-methyl/N-ethyl adjacent to an activating group) is 1. The number of hydrogen-bond donors (Lipinski definition) is 1. The molecular weight excluding hydrogens is 236 g/mol. The summed E-state index contributed by atoms with van der Waals surface area (Å²) in [7, 11) is 1.83. The van der Waals surface area contributed by atoms with Crippen LogP contribution < -0.4 is 5.32 Å². The second-order valence-corrected chi connectivity index (χ2v) is 4.58. The Balaban J connectivity index is 1.95. The predicted octanol–water partition coefficient (Wildman–Crippen LogP) is 1.78. The largest absolute Gasteiger partial charge is 0.337 e. The number of hydrogen-bond acceptors (Lipinski definition) is 2. The zero-order valence-electron chi connectivity index (χ0n) is 9.69. The number of carbonyl (C=O) groups is 1. The van der Waals surface area contributed by atoms with E-state index >= 15 is 0 Å². The van der Waals surface area contributed by atoms with E-state index in [1.165, 1.54) is 0 Å². The summed E-state index contributed by atoms with van der Waals surface area (Å²) in [6.45, 7) is 1.77. The summed E-state index contributed by atoms with van der Waals surface area (Å²) in [6.07, 6.45) is 3.41. The van der Waals surface area contributed by atoms with Crippen LogP contribution in [-0.4, -0.2) is 37.0 Å². The molecule has 1 aromatic rings. The van der Waals surface area contributed by atoms with Gasteiger partial charge < -0.3 is 10.2 Å². The second-order valence-electron chi connectivity index (χ2n) is 4.15. The summed E-state index contributed by atoms with van der Waals surface area (Å²) in [4.78, 5) is 13.6. The van der Waals surface area contributed by atoms with Crippen LogP contribution in [0.25, 0.3) is 6.08 Å². The third-order valence-electron chi connectivity index (χ3n) is 2.94. The van der Waals surface area contributed by atoms with Crippen molar-refractivity contribution in [3.05, 3.63) is 40.9 Å². The molecule has 0 bridgehead atoms. The van der Waals surface area contributed by atoms with E-state index in [1.807, 2.05) is 31.3 Å². The van der Waals surface area contributed by atoms with Gasteiger partial charge in [0.1, 0.15) is 0 Å². The lowest BCUT2D eigenvalue weighted by Crippen LogP contribution is -2.57. The van der Waals surface area contributed by atoms with Crippen molar-refractivity contribution in [2.45, 2.75) is 6.04 Å². The molecule has 17 heavy (non-hydrogen) atoms. The monoisotopic (exact) mass is 250 g/mol. The molecule has 1 aliphatic rings. The molecule has 1 heterocycles. The third kappa shape index (κ3) is 3.08. The van der Waals surface area contributed by atoms with Gasteiger partial charge in [0.25, 0.3) is 0 Å². The highest BCUT2D eigenvalue weighted by Gasteiger charge is 2.23. The van der Waals surface area contributed by atoms with Crippen LogP contribution >= 0.6 is 11.6 Å². The Morgan fingerprint density at radius 2 is 2.06 bits per heavy atom. The van der Waals surface area contributed by atoms with Crippen LogP contribution in [0.15, 0.2) is 30.3 Å². The lowest BCUT2D eigenvalue weighted by Gasteiger charge is -2.35. The van der Waals surface area contributed by atoms with Crippen LogP contribution in [-0.2, 0) is 4.79 Å². The van der Waals surface area contributed by atoms with E-state index in [1.54, 1.807) is 17.1 Å². The molecule has 1 saturated heterocycles. The van der Waals surface area contributed by atoms with Crippen LogP contribution in [0, 0.1) is 0 Å². The maximum atomic E-state index is 11.8. The van der Waals surface area contributed by atoms with Gasteiger partial charge in [-0.25, -0.2) is 0 Å². The van der Waals surface area contributed by atoms with Crippen LogP contribution in [0.1, 0.15) is 5.56 Å². The summed E-state index contributed by atoms with van der Waals surface area (Å²) in [5, 5.41) is 3.84. The Morgan fingerprint density at radius 1 is 1.41 bits per heavy atom. The number of rotatable bonds is 3. The van der Waals surface area contributed by atoms with Gasteiger partial charge in [-0.2, -0.15) is 0 Å². The van der Waals surface area contributed by atoms with Crippen LogP contribution in [0.2, 0.25) is 5.02 Å². The van der Waals surface area contributed by atoms with Crippen molar-refractivity contribution in [1.82, 2.24) is 10.2 Å². The zero-order chi connectivity index (χ0) is 12.3. The molecular formula is C13H15ClN2O. The van der Waals surface area contributed by atoms with Crippen molar-refractivity contribution in [3.63, 3.8) is 0 Å². The molecule has 0 spiro atoms. The van der Waals surface area contributed by atoms with Gasteiger partial charge in [-0.05, 0) is 23.8 Å². The van der Waals surface area contributed by atoms with Crippen molar-refractivity contribution in [2.75, 3.05) is 20.1 Å². The highest BCUT2D eigenvalue weighted by molar-refractivity contribution is 6.30. The maximum absolute atomic E-state index is 11.8. The Hall–Kier alpha value is -1.32. The van der Waals surface area contributed by atoms with E-state index in [9.17, 15) is 4.79 Å². The van der Waals surface area contributed by atoms with E-state index in [4.69, 9.17) is 11.6 Å². The lowest BCUT2D eigenvalue weighted by atomic mass is 10.1. The summed E-state index contributed by atoms with van der Waals surface area (Å²) in [6, 6.07) is 7.72. The van der Waals surface area contributed by atoms with Crippen molar-refractivity contribution in [2.24, 2.45) is 0 Å². The van der Waals surface area contributed by atoms with Crippen LogP contribution in [0.4, 0.5) is 0 Å². The number of nitrogens with one attached hydrogen (secondary N) is 1. The average Bonchev–Trinajstić information content (AvgIpc) is 2.25. The molecule has 0 aliphatic carbocycles. The first-order valence-electron chi connectivity index (χ1n) is 5.58. The first kappa shape index (κ1) is 12.1. The minimum atomic E-state index is 0.0337.